The zero-order valence-corrected chi connectivity index (χ0v) is 17.1. The predicted octanol–water partition coefficient (Wildman–Crippen LogP) is 5.88. The summed E-state index contributed by atoms with van der Waals surface area (Å²) in [4.78, 5) is 11.2. The summed E-state index contributed by atoms with van der Waals surface area (Å²) in [5.41, 5.74) is 4.01. The molecule has 1 N–H and O–H groups in total. The zero-order chi connectivity index (χ0) is 20.8. The molecule has 0 radical (unpaired) electrons. The van der Waals surface area contributed by atoms with Crippen LogP contribution in [-0.4, -0.2) is 17.0 Å². The molecule has 0 atom stereocenters. The second kappa shape index (κ2) is 9.09. The van der Waals surface area contributed by atoms with E-state index in [4.69, 9.17) is 4.74 Å². The number of para-hydroxylation sites is 1. The lowest BCUT2D eigenvalue weighted by atomic mass is 10.2. The Morgan fingerprint density at radius 1 is 0.833 bits per heavy atom. The fraction of sp³-hybridized carbons (Fsp3) is 0.120. The smallest absolute Gasteiger partial charge is 0.229 e. The minimum atomic E-state index is 0.545. The van der Waals surface area contributed by atoms with Crippen molar-refractivity contribution in [3.8, 4) is 5.75 Å². The Bertz CT molecular complexity index is 1080. The Balaban J connectivity index is 1.44. The van der Waals surface area contributed by atoms with Crippen LogP contribution in [-0.2, 0) is 6.61 Å². The molecule has 0 unspecified atom stereocenters. The first-order chi connectivity index (χ1) is 14.7. The van der Waals surface area contributed by atoms with Crippen LogP contribution in [0.15, 0.2) is 91.0 Å². The Labute approximate surface area is 177 Å². The van der Waals surface area contributed by atoms with Gasteiger partial charge in [0.05, 0.1) is 0 Å². The van der Waals surface area contributed by atoms with Crippen molar-refractivity contribution in [2.75, 3.05) is 17.3 Å². The number of aryl methyl sites for hydroxylation is 1. The van der Waals surface area contributed by atoms with Crippen LogP contribution in [0.2, 0.25) is 0 Å². The molecule has 0 saturated carbocycles. The van der Waals surface area contributed by atoms with Crippen LogP contribution in [0.25, 0.3) is 0 Å². The van der Waals surface area contributed by atoms with Crippen LogP contribution in [0, 0.1) is 6.92 Å². The summed E-state index contributed by atoms with van der Waals surface area (Å²) in [6, 6.07) is 30.0. The van der Waals surface area contributed by atoms with Crippen molar-refractivity contribution in [1.82, 2.24) is 9.97 Å². The molecule has 150 valence electrons. The molecular weight excluding hydrogens is 372 g/mol. The quantitative estimate of drug-likeness (QED) is 0.423. The van der Waals surface area contributed by atoms with E-state index in [0.717, 1.165) is 34.2 Å². The number of benzene rings is 3. The van der Waals surface area contributed by atoms with Gasteiger partial charge in [-0.1, -0.05) is 48.5 Å². The molecule has 5 heteroatoms. The molecule has 0 amide bonds. The number of ether oxygens (including phenoxy) is 1. The lowest BCUT2D eigenvalue weighted by Gasteiger charge is -2.19. The number of anilines is 4. The van der Waals surface area contributed by atoms with Gasteiger partial charge in [-0.15, -0.1) is 0 Å². The maximum Gasteiger partial charge on any atom is 0.229 e. The van der Waals surface area contributed by atoms with Gasteiger partial charge >= 0.3 is 0 Å². The number of rotatable bonds is 7. The monoisotopic (exact) mass is 396 g/mol. The van der Waals surface area contributed by atoms with E-state index in [2.05, 4.69) is 39.6 Å². The van der Waals surface area contributed by atoms with Gasteiger partial charge in [0.2, 0.25) is 5.95 Å². The highest BCUT2D eigenvalue weighted by Crippen LogP contribution is 2.24. The van der Waals surface area contributed by atoms with Crippen molar-refractivity contribution in [2.24, 2.45) is 0 Å². The van der Waals surface area contributed by atoms with E-state index in [0.29, 0.717) is 12.6 Å². The minimum Gasteiger partial charge on any atom is -0.489 e. The van der Waals surface area contributed by atoms with E-state index in [-0.39, 0.29) is 0 Å². The Morgan fingerprint density at radius 2 is 1.50 bits per heavy atom. The molecule has 0 aliphatic heterocycles. The maximum absolute atomic E-state index is 5.85. The summed E-state index contributed by atoms with van der Waals surface area (Å²) < 4.78 is 5.85. The van der Waals surface area contributed by atoms with Crippen molar-refractivity contribution < 1.29 is 4.74 Å². The van der Waals surface area contributed by atoms with E-state index in [1.54, 1.807) is 0 Å². The third-order valence-electron chi connectivity index (χ3n) is 4.69. The van der Waals surface area contributed by atoms with Gasteiger partial charge in [-0.25, -0.2) is 4.98 Å². The Kier molecular flexibility index (Phi) is 5.90. The second-order valence-electron chi connectivity index (χ2n) is 7.01. The Hall–Kier alpha value is -3.86. The van der Waals surface area contributed by atoms with Gasteiger partial charge in [0.1, 0.15) is 18.2 Å². The predicted molar refractivity (Wildman–Crippen MR) is 122 cm³/mol. The zero-order valence-electron chi connectivity index (χ0n) is 17.1. The van der Waals surface area contributed by atoms with Crippen LogP contribution in [0.1, 0.15) is 11.3 Å². The molecule has 0 aliphatic carbocycles. The summed E-state index contributed by atoms with van der Waals surface area (Å²) in [6.45, 7) is 2.51. The summed E-state index contributed by atoms with van der Waals surface area (Å²) in [5.74, 6) is 2.21. The van der Waals surface area contributed by atoms with E-state index in [9.17, 15) is 0 Å². The van der Waals surface area contributed by atoms with Crippen molar-refractivity contribution in [2.45, 2.75) is 13.5 Å². The van der Waals surface area contributed by atoms with E-state index < -0.39 is 0 Å². The summed E-state index contributed by atoms with van der Waals surface area (Å²) in [5, 5.41) is 3.29. The second-order valence-corrected chi connectivity index (χ2v) is 7.01. The van der Waals surface area contributed by atoms with Gasteiger partial charge in [0.25, 0.3) is 0 Å². The molecule has 1 aromatic heterocycles. The number of nitrogens with zero attached hydrogens (tertiary/aromatic N) is 3. The summed E-state index contributed by atoms with van der Waals surface area (Å²) in [6.07, 6.45) is 0. The van der Waals surface area contributed by atoms with Gasteiger partial charge in [0, 0.05) is 30.2 Å². The number of hydrogen-bond donors (Lipinski definition) is 1. The van der Waals surface area contributed by atoms with Crippen LogP contribution in [0.4, 0.5) is 23.1 Å². The number of nitrogens with one attached hydrogen (secondary N) is 1. The van der Waals surface area contributed by atoms with Gasteiger partial charge in [-0.05, 0) is 48.9 Å². The fourth-order valence-electron chi connectivity index (χ4n) is 3.07. The van der Waals surface area contributed by atoms with Crippen LogP contribution < -0.4 is 15.0 Å². The van der Waals surface area contributed by atoms with Crippen LogP contribution in [0.3, 0.4) is 0 Å². The molecule has 4 aromatic rings. The average molecular weight is 396 g/mol. The lowest BCUT2D eigenvalue weighted by molar-refractivity contribution is 0.306. The maximum atomic E-state index is 5.85. The first-order valence-corrected chi connectivity index (χ1v) is 9.86. The topological polar surface area (TPSA) is 50.3 Å². The average Bonchev–Trinajstić information content (AvgIpc) is 2.79. The van der Waals surface area contributed by atoms with Crippen LogP contribution in [0.5, 0.6) is 5.75 Å². The first kappa shape index (κ1) is 19.5. The first-order valence-electron chi connectivity index (χ1n) is 9.86. The van der Waals surface area contributed by atoms with Gasteiger partial charge < -0.3 is 15.0 Å². The standard InChI is InChI=1S/C25H24N4O/c1-19-17-24(29(2)22-11-7-4-8-12-22)28-25(26-19)27-21-13-15-23(16-14-21)30-18-20-9-5-3-6-10-20/h3-17H,18H2,1-2H3,(H,26,27,28). The third-order valence-corrected chi connectivity index (χ3v) is 4.69. The molecule has 0 bridgehead atoms. The van der Waals surface area contributed by atoms with Crippen molar-refractivity contribution in [3.05, 3.63) is 102 Å². The molecule has 0 fully saturated rings. The largest absolute Gasteiger partial charge is 0.489 e. The van der Waals surface area contributed by atoms with E-state index in [1.807, 2.05) is 85.6 Å². The molecule has 0 saturated heterocycles. The fourth-order valence-corrected chi connectivity index (χ4v) is 3.07. The summed E-state index contributed by atoms with van der Waals surface area (Å²) >= 11 is 0. The molecule has 0 spiro atoms. The molecular formula is C25H24N4O. The van der Waals surface area contributed by atoms with Gasteiger partial charge in [-0.2, -0.15) is 4.98 Å². The minimum absolute atomic E-state index is 0.545. The number of hydrogen-bond acceptors (Lipinski definition) is 5. The van der Waals surface area contributed by atoms with Crippen LogP contribution >= 0.6 is 0 Å². The molecule has 0 aliphatic rings. The molecule has 3 aromatic carbocycles. The van der Waals surface area contributed by atoms with E-state index in [1.165, 1.54) is 0 Å². The Morgan fingerprint density at radius 3 is 2.20 bits per heavy atom. The number of aromatic nitrogens is 2. The molecule has 30 heavy (non-hydrogen) atoms. The van der Waals surface area contributed by atoms with Crippen molar-refractivity contribution >= 4 is 23.1 Å². The lowest BCUT2D eigenvalue weighted by Crippen LogP contribution is -2.13. The highest BCUT2D eigenvalue weighted by Gasteiger charge is 2.09. The SMILES string of the molecule is Cc1cc(N(C)c2ccccc2)nc(Nc2ccc(OCc3ccccc3)cc2)n1. The highest BCUT2D eigenvalue weighted by molar-refractivity contribution is 5.62. The third kappa shape index (κ3) is 4.94. The molecule has 4 rings (SSSR count). The molecule has 5 nitrogen and oxygen atoms in total. The van der Waals surface area contributed by atoms with Crippen molar-refractivity contribution in [3.63, 3.8) is 0 Å². The van der Waals surface area contributed by atoms with Crippen molar-refractivity contribution in [1.29, 1.82) is 0 Å². The highest BCUT2D eigenvalue weighted by atomic mass is 16.5. The summed E-state index contributed by atoms with van der Waals surface area (Å²) in [7, 11) is 2.00. The molecule has 1 heterocycles. The normalized spacial score (nSPS) is 10.5. The van der Waals surface area contributed by atoms with E-state index >= 15 is 0 Å². The van der Waals surface area contributed by atoms with Gasteiger partial charge in [0.15, 0.2) is 0 Å². The van der Waals surface area contributed by atoms with Gasteiger partial charge in [-0.3, -0.25) is 0 Å².